The van der Waals surface area contributed by atoms with Gasteiger partial charge in [-0.15, -0.1) is 0 Å². The summed E-state index contributed by atoms with van der Waals surface area (Å²) in [5.41, 5.74) is 2.42. The van der Waals surface area contributed by atoms with E-state index in [1.807, 2.05) is 18.2 Å². The Labute approximate surface area is 171 Å². The van der Waals surface area contributed by atoms with E-state index >= 15 is 0 Å². The molecule has 0 unspecified atom stereocenters. The van der Waals surface area contributed by atoms with Crippen LogP contribution in [0, 0.1) is 5.82 Å². The zero-order valence-electron chi connectivity index (χ0n) is 15.6. The molecule has 0 spiro atoms. The van der Waals surface area contributed by atoms with Crippen LogP contribution >= 0.6 is 11.6 Å². The van der Waals surface area contributed by atoms with Gasteiger partial charge in [-0.1, -0.05) is 29.8 Å². The van der Waals surface area contributed by atoms with E-state index in [-0.39, 0.29) is 17.9 Å². The highest BCUT2D eigenvalue weighted by atomic mass is 35.5. The number of fused-ring (bicyclic) bond motifs is 3. The lowest BCUT2D eigenvalue weighted by molar-refractivity contribution is -0.121. The van der Waals surface area contributed by atoms with Gasteiger partial charge in [-0.2, -0.15) is 0 Å². The van der Waals surface area contributed by atoms with E-state index < -0.39 is 5.82 Å². The molecule has 4 aromatic rings. The number of amides is 1. The molecule has 0 aliphatic carbocycles. The maximum absolute atomic E-state index is 13.8. The number of rotatable bonds is 6. The average molecular weight is 412 g/mol. The Balaban J connectivity index is 1.48. The molecule has 4 rings (SSSR count). The summed E-state index contributed by atoms with van der Waals surface area (Å²) >= 11 is 6.09. The predicted octanol–water partition coefficient (Wildman–Crippen LogP) is 4.14. The molecule has 5 nitrogen and oxygen atoms in total. The van der Waals surface area contributed by atoms with E-state index in [1.54, 1.807) is 34.9 Å². The van der Waals surface area contributed by atoms with Crippen molar-refractivity contribution in [2.24, 2.45) is 0 Å². The molecular formula is C22H19ClFN3O2. The first-order valence-electron chi connectivity index (χ1n) is 9.34. The molecule has 0 radical (unpaired) electrons. The molecule has 1 amide bonds. The van der Waals surface area contributed by atoms with Crippen molar-refractivity contribution in [3.8, 4) is 0 Å². The van der Waals surface area contributed by atoms with Crippen molar-refractivity contribution < 1.29 is 9.18 Å². The smallest absolute Gasteiger partial charge is 0.275 e. The first kappa shape index (κ1) is 19.2. The van der Waals surface area contributed by atoms with E-state index in [9.17, 15) is 14.0 Å². The molecule has 7 heteroatoms. The highest BCUT2D eigenvalue weighted by Crippen LogP contribution is 2.18. The van der Waals surface area contributed by atoms with Gasteiger partial charge in [-0.3, -0.25) is 9.59 Å². The fourth-order valence-electron chi connectivity index (χ4n) is 3.47. The van der Waals surface area contributed by atoms with E-state index in [4.69, 9.17) is 11.6 Å². The monoisotopic (exact) mass is 411 g/mol. The van der Waals surface area contributed by atoms with Crippen LogP contribution in [0.1, 0.15) is 18.4 Å². The summed E-state index contributed by atoms with van der Waals surface area (Å²) < 4.78 is 17.1. The van der Waals surface area contributed by atoms with Crippen molar-refractivity contribution in [3.05, 3.63) is 87.6 Å². The molecule has 0 aliphatic rings. The van der Waals surface area contributed by atoms with Crippen LogP contribution in [0.4, 0.5) is 4.39 Å². The molecule has 0 fully saturated rings. The van der Waals surface area contributed by atoms with Crippen LogP contribution in [0.15, 0.2) is 65.6 Å². The third-order valence-electron chi connectivity index (χ3n) is 4.92. The van der Waals surface area contributed by atoms with E-state index in [2.05, 4.69) is 5.32 Å². The van der Waals surface area contributed by atoms with Crippen LogP contribution in [0.3, 0.4) is 0 Å². The third-order valence-corrected chi connectivity index (χ3v) is 5.29. The second-order valence-electron chi connectivity index (χ2n) is 6.82. The second-order valence-corrected chi connectivity index (χ2v) is 7.23. The third kappa shape index (κ3) is 3.89. The molecule has 0 saturated heterocycles. The van der Waals surface area contributed by atoms with Crippen LogP contribution in [0.2, 0.25) is 5.02 Å². The van der Waals surface area contributed by atoms with Gasteiger partial charge in [-0.05, 0) is 48.4 Å². The van der Waals surface area contributed by atoms with Crippen LogP contribution < -0.4 is 10.9 Å². The lowest BCUT2D eigenvalue weighted by Crippen LogP contribution is -2.25. The van der Waals surface area contributed by atoms with Gasteiger partial charge in [0.05, 0.1) is 11.0 Å². The minimum atomic E-state index is -0.408. The Kier molecular flexibility index (Phi) is 5.36. The highest BCUT2D eigenvalue weighted by Gasteiger charge is 2.12. The number of benzene rings is 2. The average Bonchev–Trinajstić information content (AvgIpc) is 3.20. The van der Waals surface area contributed by atoms with Crippen LogP contribution in [-0.2, 0) is 17.9 Å². The molecule has 0 aliphatic heterocycles. The predicted molar refractivity (Wildman–Crippen MR) is 112 cm³/mol. The maximum atomic E-state index is 13.8. The van der Waals surface area contributed by atoms with Gasteiger partial charge >= 0.3 is 0 Å². The van der Waals surface area contributed by atoms with E-state index in [1.165, 1.54) is 16.7 Å². The zero-order valence-corrected chi connectivity index (χ0v) is 16.3. The largest absolute Gasteiger partial charge is 0.352 e. The molecular weight excluding hydrogens is 393 g/mol. The molecule has 0 bridgehead atoms. The molecule has 29 heavy (non-hydrogen) atoms. The van der Waals surface area contributed by atoms with Gasteiger partial charge < -0.3 is 14.3 Å². The number of nitrogens with one attached hydrogen (secondary N) is 1. The van der Waals surface area contributed by atoms with Crippen molar-refractivity contribution >= 4 is 34.1 Å². The highest BCUT2D eigenvalue weighted by molar-refractivity contribution is 6.31. The number of nitrogens with zero attached hydrogens (tertiary/aromatic N) is 2. The Morgan fingerprint density at radius 2 is 1.86 bits per heavy atom. The maximum Gasteiger partial charge on any atom is 0.275 e. The number of aromatic nitrogens is 2. The Hall–Kier alpha value is -3.12. The van der Waals surface area contributed by atoms with Gasteiger partial charge in [0.2, 0.25) is 5.91 Å². The van der Waals surface area contributed by atoms with Crippen molar-refractivity contribution in [1.29, 1.82) is 0 Å². The lowest BCUT2D eigenvalue weighted by atomic mass is 10.2. The van der Waals surface area contributed by atoms with Gasteiger partial charge in [0, 0.05) is 30.7 Å². The summed E-state index contributed by atoms with van der Waals surface area (Å²) in [5.74, 6) is -0.535. The summed E-state index contributed by atoms with van der Waals surface area (Å²) in [4.78, 5) is 25.0. The quantitative estimate of drug-likeness (QED) is 0.518. The molecule has 2 aromatic carbocycles. The fraction of sp³-hybridized carbons (Fsp3) is 0.182. The minimum absolute atomic E-state index is 0.128. The molecule has 0 saturated carbocycles. The molecule has 2 aromatic heterocycles. The van der Waals surface area contributed by atoms with Crippen molar-refractivity contribution in [2.45, 2.75) is 25.9 Å². The Bertz CT molecular complexity index is 1260. The zero-order chi connectivity index (χ0) is 20.4. The molecule has 0 atom stereocenters. The lowest BCUT2D eigenvalue weighted by Gasteiger charge is -2.13. The number of hydrogen-bond acceptors (Lipinski definition) is 2. The van der Waals surface area contributed by atoms with Crippen molar-refractivity contribution in [1.82, 2.24) is 14.3 Å². The molecule has 148 valence electrons. The van der Waals surface area contributed by atoms with Crippen LogP contribution in [-0.4, -0.2) is 14.9 Å². The number of hydrogen-bond donors (Lipinski definition) is 1. The summed E-state index contributed by atoms with van der Waals surface area (Å²) in [5, 5.41) is 3.44. The summed E-state index contributed by atoms with van der Waals surface area (Å²) in [7, 11) is 0. The first-order valence-corrected chi connectivity index (χ1v) is 9.71. The van der Waals surface area contributed by atoms with E-state index in [0.717, 1.165) is 11.1 Å². The van der Waals surface area contributed by atoms with E-state index in [0.29, 0.717) is 35.6 Å². The van der Waals surface area contributed by atoms with Crippen LogP contribution in [0.5, 0.6) is 0 Å². The minimum Gasteiger partial charge on any atom is -0.352 e. The first-order chi connectivity index (χ1) is 14.0. The summed E-state index contributed by atoms with van der Waals surface area (Å²) in [6, 6.07) is 15.2. The molecule has 1 N–H and O–H groups in total. The number of carbonyl (C=O) groups excluding carboxylic acids is 1. The number of aryl methyl sites for hydroxylation is 1. The molecule has 2 heterocycles. The Morgan fingerprint density at radius 1 is 1.03 bits per heavy atom. The van der Waals surface area contributed by atoms with Gasteiger partial charge in [0.1, 0.15) is 11.3 Å². The summed E-state index contributed by atoms with van der Waals surface area (Å²) in [6.07, 6.45) is 2.49. The standard InChI is InChI=1S/C22H19ClFN3O2/c23-17-6-2-1-5-15(17)14-25-21(28)8-4-12-27-20-13-16(24)9-10-18(20)26-11-3-7-19(26)22(27)29/h1-3,5-7,9-11,13H,4,8,12,14H2,(H,25,28). The van der Waals surface area contributed by atoms with Gasteiger partial charge in [-0.25, -0.2) is 4.39 Å². The van der Waals surface area contributed by atoms with Gasteiger partial charge in [0.15, 0.2) is 0 Å². The van der Waals surface area contributed by atoms with Gasteiger partial charge in [0.25, 0.3) is 5.56 Å². The summed E-state index contributed by atoms with van der Waals surface area (Å²) in [6.45, 7) is 0.669. The van der Waals surface area contributed by atoms with Crippen molar-refractivity contribution in [2.75, 3.05) is 0 Å². The van der Waals surface area contributed by atoms with Crippen LogP contribution in [0.25, 0.3) is 16.6 Å². The topological polar surface area (TPSA) is 55.5 Å². The normalized spacial score (nSPS) is 11.2. The second kappa shape index (κ2) is 8.09. The number of halogens is 2. The number of carbonyl (C=O) groups is 1. The van der Waals surface area contributed by atoms with Crippen molar-refractivity contribution in [3.63, 3.8) is 0 Å². The Morgan fingerprint density at radius 3 is 2.69 bits per heavy atom. The fourth-order valence-corrected chi connectivity index (χ4v) is 3.68. The SMILES string of the molecule is O=C(CCCn1c(=O)c2cccn2c2ccc(F)cc21)NCc1ccccc1Cl.